The van der Waals surface area contributed by atoms with Gasteiger partial charge in [-0.25, -0.2) is 4.98 Å². The second-order valence-electron chi connectivity index (χ2n) is 13.7. The molecule has 0 spiro atoms. The van der Waals surface area contributed by atoms with Crippen LogP contribution in [0, 0.1) is 0 Å². The highest BCUT2D eigenvalue weighted by molar-refractivity contribution is 5.85. The van der Waals surface area contributed by atoms with Crippen LogP contribution in [0.4, 0.5) is 0 Å². The molecule has 7 aromatic rings. The Morgan fingerprint density at radius 1 is 0.518 bits per heavy atom. The summed E-state index contributed by atoms with van der Waals surface area (Å²) in [5.74, 6) is 0.759. The highest BCUT2D eigenvalue weighted by Crippen LogP contribution is 2.37. The van der Waals surface area contributed by atoms with Crippen molar-refractivity contribution < 1.29 is 28.8 Å². The van der Waals surface area contributed by atoms with E-state index in [1.54, 1.807) is 7.11 Å². The lowest BCUT2D eigenvalue weighted by Crippen LogP contribution is -2.47. The smallest absolute Gasteiger partial charge is 0.118 e. The summed E-state index contributed by atoms with van der Waals surface area (Å²) < 4.78 is 32.4. The van der Waals surface area contributed by atoms with Crippen LogP contribution in [0.3, 0.4) is 0 Å². The summed E-state index contributed by atoms with van der Waals surface area (Å²) >= 11 is 0. The molecule has 0 saturated heterocycles. The molecule has 7 rings (SSSR count). The molecule has 7 heteroatoms. The van der Waals surface area contributed by atoms with Gasteiger partial charge in [0.25, 0.3) is 0 Å². The maximum absolute atomic E-state index is 12.2. The molecule has 1 N–H and O–H groups in total. The molecule has 56 heavy (non-hydrogen) atoms. The molecule has 1 heterocycles. The van der Waals surface area contributed by atoms with E-state index in [2.05, 4.69) is 12.1 Å². The molecule has 0 amide bonds. The third-order valence-electron chi connectivity index (χ3n) is 9.69. The number of aromatic nitrogens is 1. The molecule has 1 aromatic heterocycles. The van der Waals surface area contributed by atoms with Crippen LogP contribution in [-0.2, 0) is 45.4 Å². The van der Waals surface area contributed by atoms with Crippen molar-refractivity contribution in [2.24, 2.45) is 0 Å². The summed E-state index contributed by atoms with van der Waals surface area (Å²) in [6.45, 7) is 1.14. The van der Waals surface area contributed by atoms with Gasteiger partial charge < -0.3 is 28.8 Å². The number of ether oxygens (including phenoxy) is 5. The molecule has 6 aromatic carbocycles. The summed E-state index contributed by atoms with van der Waals surface area (Å²) in [7, 11) is 1.66. The first kappa shape index (κ1) is 38.6. The maximum atomic E-state index is 12.2. The zero-order valence-corrected chi connectivity index (χ0v) is 31.5. The van der Waals surface area contributed by atoms with E-state index in [9.17, 15) is 5.11 Å². The Morgan fingerprint density at radius 2 is 1.00 bits per heavy atom. The van der Waals surface area contributed by atoms with Gasteiger partial charge in [0.05, 0.1) is 51.4 Å². The van der Waals surface area contributed by atoms with Crippen LogP contribution in [0.1, 0.15) is 33.9 Å². The second-order valence-corrected chi connectivity index (χ2v) is 13.7. The van der Waals surface area contributed by atoms with E-state index >= 15 is 0 Å². The normalized spacial score (nSPS) is 13.5. The minimum absolute atomic E-state index is 0.0130. The first-order valence-corrected chi connectivity index (χ1v) is 18.9. The van der Waals surface area contributed by atoms with Gasteiger partial charge in [0.2, 0.25) is 0 Å². The first-order chi connectivity index (χ1) is 27.6. The van der Waals surface area contributed by atoms with Gasteiger partial charge in [-0.1, -0.05) is 140 Å². The molecule has 0 aliphatic heterocycles. The van der Waals surface area contributed by atoms with Gasteiger partial charge in [0.15, 0.2) is 0 Å². The molecular formula is C49H47NO6. The Bertz CT molecular complexity index is 2200. The fraction of sp³-hybridized carbons (Fsp3) is 0.204. The lowest BCUT2D eigenvalue weighted by Gasteiger charge is -2.37. The lowest BCUT2D eigenvalue weighted by molar-refractivity contribution is -0.189. The van der Waals surface area contributed by atoms with Crippen molar-refractivity contribution in [2.75, 3.05) is 13.7 Å². The zero-order chi connectivity index (χ0) is 38.4. The number of hydrogen-bond acceptors (Lipinski definition) is 7. The largest absolute Gasteiger partial charge is 0.497 e. The van der Waals surface area contributed by atoms with Crippen molar-refractivity contribution in [3.05, 3.63) is 204 Å². The fourth-order valence-electron chi connectivity index (χ4n) is 6.75. The van der Waals surface area contributed by atoms with E-state index in [1.807, 2.05) is 164 Å². The number of aliphatic hydroxyl groups excluding tert-OH is 1. The summed E-state index contributed by atoms with van der Waals surface area (Å²) in [5.41, 5.74) is 7.32. The molecule has 0 bridgehead atoms. The predicted molar refractivity (Wildman–Crippen MR) is 220 cm³/mol. The number of rotatable bonds is 19. The number of pyridine rings is 1. The molecule has 4 atom stereocenters. The van der Waals surface area contributed by atoms with Crippen molar-refractivity contribution in [1.82, 2.24) is 4.98 Å². The van der Waals surface area contributed by atoms with Crippen LogP contribution in [0.5, 0.6) is 5.75 Å². The number of fused-ring (bicyclic) bond motifs is 1. The number of aliphatic hydroxyl groups is 1. The van der Waals surface area contributed by atoms with Gasteiger partial charge in [-0.2, -0.15) is 0 Å². The zero-order valence-electron chi connectivity index (χ0n) is 31.5. The Morgan fingerprint density at radius 3 is 1.55 bits per heavy atom. The van der Waals surface area contributed by atoms with E-state index in [1.165, 1.54) is 0 Å². The standard InChI is InChI=1S/C49H47NO6/c1-52-41-28-26-40(27-29-41)45-30-43(42-24-14-15-25-44(42)50-45)47(54-32-37-18-8-3-9-19-37)49(56-34-39-22-12-5-13-23-39)48(55-33-38-20-10-4-11-21-38)46(51)35-53-31-36-16-6-2-7-17-36/h2-30,46-49,51H,31-35H2,1H3/t46-,47-,48-,49-/m1/s1. The predicted octanol–water partition coefficient (Wildman–Crippen LogP) is 9.92. The Hall–Kier alpha value is -5.67. The monoisotopic (exact) mass is 745 g/mol. The third-order valence-corrected chi connectivity index (χ3v) is 9.69. The van der Waals surface area contributed by atoms with Crippen LogP contribution in [0.15, 0.2) is 176 Å². The first-order valence-electron chi connectivity index (χ1n) is 18.9. The average molecular weight is 746 g/mol. The van der Waals surface area contributed by atoms with E-state index < -0.39 is 24.4 Å². The van der Waals surface area contributed by atoms with Crippen molar-refractivity contribution in [3.8, 4) is 17.0 Å². The van der Waals surface area contributed by atoms with E-state index in [0.717, 1.165) is 55.7 Å². The topological polar surface area (TPSA) is 79.3 Å². The van der Waals surface area contributed by atoms with Crippen LogP contribution in [-0.4, -0.2) is 42.1 Å². The van der Waals surface area contributed by atoms with Gasteiger partial charge in [0.1, 0.15) is 30.2 Å². The van der Waals surface area contributed by atoms with Gasteiger partial charge in [-0.3, -0.25) is 0 Å². The van der Waals surface area contributed by atoms with E-state index in [0.29, 0.717) is 6.61 Å². The summed E-state index contributed by atoms with van der Waals surface area (Å²) in [4.78, 5) is 5.10. The minimum Gasteiger partial charge on any atom is -0.497 e. The highest BCUT2D eigenvalue weighted by atomic mass is 16.6. The third kappa shape index (κ3) is 10.3. The van der Waals surface area contributed by atoms with Crippen LogP contribution < -0.4 is 4.74 Å². The summed E-state index contributed by atoms with van der Waals surface area (Å²) in [5, 5.41) is 13.1. The Labute approximate surface area is 329 Å². The lowest BCUT2D eigenvalue weighted by atomic mass is 9.92. The van der Waals surface area contributed by atoms with Crippen LogP contribution in [0.25, 0.3) is 22.2 Å². The number of para-hydroxylation sites is 1. The fourth-order valence-corrected chi connectivity index (χ4v) is 6.75. The van der Waals surface area contributed by atoms with Crippen molar-refractivity contribution in [1.29, 1.82) is 0 Å². The molecule has 0 saturated carbocycles. The Balaban J connectivity index is 1.34. The number of methoxy groups -OCH3 is 1. The van der Waals surface area contributed by atoms with E-state index in [4.69, 9.17) is 28.7 Å². The van der Waals surface area contributed by atoms with Crippen molar-refractivity contribution >= 4 is 10.9 Å². The van der Waals surface area contributed by atoms with Gasteiger partial charge in [-0.15, -0.1) is 0 Å². The molecule has 0 radical (unpaired) electrons. The van der Waals surface area contributed by atoms with Crippen LogP contribution >= 0.6 is 0 Å². The van der Waals surface area contributed by atoms with Crippen molar-refractivity contribution in [2.45, 2.75) is 50.8 Å². The van der Waals surface area contributed by atoms with Gasteiger partial charge >= 0.3 is 0 Å². The maximum Gasteiger partial charge on any atom is 0.118 e. The number of benzene rings is 6. The molecule has 7 nitrogen and oxygen atoms in total. The van der Waals surface area contributed by atoms with Crippen molar-refractivity contribution in [3.63, 3.8) is 0 Å². The Kier molecular flexibility index (Phi) is 13.6. The average Bonchev–Trinajstić information content (AvgIpc) is 3.26. The quantitative estimate of drug-likeness (QED) is 0.0883. The second kappa shape index (κ2) is 19.8. The van der Waals surface area contributed by atoms with Gasteiger partial charge in [-0.05, 0) is 64.2 Å². The summed E-state index contributed by atoms with van der Waals surface area (Å²) in [6.07, 6.45) is -3.51. The molecular weight excluding hydrogens is 699 g/mol. The van der Waals surface area contributed by atoms with E-state index in [-0.39, 0.29) is 26.4 Å². The SMILES string of the molecule is COc1ccc(-c2cc([C@@H](OCc3ccccc3)[C@@H](OCc3ccccc3)[C@H](OCc3ccccc3)[C@H](O)COCc3ccccc3)c3ccccc3n2)cc1. The molecule has 0 aliphatic carbocycles. The minimum atomic E-state index is -1.08. The summed E-state index contributed by atoms with van der Waals surface area (Å²) in [6, 6.07) is 58.0. The molecule has 284 valence electrons. The number of nitrogens with zero attached hydrogens (tertiary/aromatic N) is 1. The molecule has 0 aliphatic rings. The van der Waals surface area contributed by atoms with Gasteiger partial charge in [0, 0.05) is 10.9 Å². The molecule has 0 fully saturated rings. The highest BCUT2D eigenvalue weighted by Gasteiger charge is 2.39. The van der Waals surface area contributed by atoms with Crippen LogP contribution in [0.2, 0.25) is 0 Å². The molecule has 0 unspecified atom stereocenters. The number of hydrogen-bond donors (Lipinski definition) is 1.